The van der Waals surface area contributed by atoms with E-state index in [0.717, 1.165) is 22.3 Å². The van der Waals surface area contributed by atoms with Crippen molar-refractivity contribution in [3.05, 3.63) is 29.8 Å². The van der Waals surface area contributed by atoms with Gasteiger partial charge in [0.05, 0.1) is 7.11 Å². The molecule has 1 aromatic carbocycles. The van der Waals surface area contributed by atoms with Crippen LogP contribution in [0.25, 0.3) is 0 Å². The Labute approximate surface area is 107 Å². The van der Waals surface area contributed by atoms with Crippen LogP contribution in [0.3, 0.4) is 0 Å². The number of nitrogens with two attached hydrogens (primary N) is 1. The first-order valence-electron chi connectivity index (χ1n) is 4.64. The minimum atomic E-state index is -0.984. The number of rotatable bonds is 5. The third-order valence-electron chi connectivity index (χ3n) is 1.80. The minimum absolute atomic E-state index is 0.702. The molecule has 0 saturated carbocycles. The van der Waals surface area contributed by atoms with E-state index in [4.69, 9.17) is 10.5 Å². The van der Waals surface area contributed by atoms with Crippen LogP contribution in [0.1, 0.15) is 5.56 Å². The maximum Gasteiger partial charge on any atom is 0.319 e. The molecule has 5 nitrogen and oxygen atoms in total. The van der Waals surface area contributed by atoms with Gasteiger partial charge in [0, 0.05) is 16.7 Å². The smallest absolute Gasteiger partial charge is 0.319 e. The van der Waals surface area contributed by atoms with E-state index in [2.05, 4.69) is 4.72 Å². The predicted molar refractivity (Wildman–Crippen MR) is 69.2 cm³/mol. The number of amides is 2. The molecule has 0 aliphatic carbocycles. The molecule has 0 aliphatic rings. The lowest BCUT2D eigenvalue weighted by molar-refractivity contribution is -0.136. The fraction of sp³-hybridized carbons (Fsp3) is 0.200. The van der Waals surface area contributed by atoms with Gasteiger partial charge >= 0.3 is 11.8 Å². The molecule has 0 aromatic heterocycles. The molecule has 0 aliphatic heterocycles. The van der Waals surface area contributed by atoms with E-state index in [1.54, 1.807) is 7.11 Å². The van der Waals surface area contributed by atoms with Crippen molar-refractivity contribution in [2.24, 2.45) is 5.73 Å². The Kier molecular flexibility index (Phi) is 5.71. The van der Waals surface area contributed by atoms with Crippen LogP contribution < -0.4 is 15.2 Å². The van der Waals surface area contributed by atoms with E-state index in [1.807, 2.05) is 24.3 Å². The molecule has 1 aromatic rings. The normalized spacial score (nSPS) is 9.71. The predicted octanol–water partition coefficient (Wildman–Crippen LogP) is 1.09. The van der Waals surface area contributed by atoms with Crippen molar-refractivity contribution < 1.29 is 14.3 Å². The summed E-state index contributed by atoms with van der Waals surface area (Å²) in [6, 6.07) is 7.59. The Morgan fingerprint density at radius 3 is 2.53 bits per heavy atom. The molecule has 2 amide bonds. The van der Waals surface area contributed by atoms with Crippen LogP contribution in [0.4, 0.5) is 0 Å². The van der Waals surface area contributed by atoms with Crippen LogP contribution in [0.5, 0.6) is 5.75 Å². The zero-order chi connectivity index (χ0) is 12.7. The average Bonchev–Trinajstić information content (AvgIpc) is 2.35. The number of hydrogen-bond acceptors (Lipinski definition) is 5. The Morgan fingerprint density at radius 1 is 1.35 bits per heavy atom. The van der Waals surface area contributed by atoms with Crippen LogP contribution in [0.2, 0.25) is 0 Å². The molecule has 7 heteroatoms. The second-order valence-corrected chi connectivity index (χ2v) is 5.09. The lowest BCUT2D eigenvalue weighted by atomic mass is 10.2. The maximum atomic E-state index is 10.8. The number of nitrogens with one attached hydrogen (secondary N) is 1. The van der Waals surface area contributed by atoms with Crippen LogP contribution in [0, 0.1) is 0 Å². The number of ether oxygens (including phenoxy) is 1. The van der Waals surface area contributed by atoms with Gasteiger partial charge in [-0.1, -0.05) is 22.9 Å². The van der Waals surface area contributed by atoms with Gasteiger partial charge in [0.25, 0.3) is 0 Å². The van der Waals surface area contributed by atoms with E-state index in [0.29, 0.717) is 5.75 Å². The summed E-state index contributed by atoms with van der Waals surface area (Å²) < 4.78 is 7.35. The van der Waals surface area contributed by atoms with E-state index < -0.39 is 11.8 Å². The summed E-state index contributed by atoms with van der Waals surface area (Å²) in [4.78, 5) is 21.2. The highest BCUT2D eigenvalue weighted by molar-refractivity contribution is 8.75. The van der Waals surface area contributed by atoms with Crippen molar-refractivity contribution in [3.8, 4) is 5.75 Å². The second-order valence-electron chi connectivity index (χ2n) is 2.99. The summed E-state index contributed by atoms with van der Waals surface area (Å²) in [5.74, 6) is -0.276. The van der Waals surface area contributed by atoms with Gasteiger partial charge in [0.2, 0.25) is 0 Å². The largest absolute Gasteiger partial charge is 0.497 e. The molecular weight excluding hydrogens is 260 g/mol. The highest BCUT2D eigenvalue weighted by Gasteiger charge is 2.07. The molecule has 0 radical (unpaired) electrons. The lowest BCUT2D eigenvalue weighted by Crippen LogP contribution is -2.31. The van der Waals surface area contributed by atoms with Crippen LogP contribution in [-0.4, -0.2) is 18.9 Å². The SMILES string of the molecule is COc1ccc(CSSNC(=O)C(N)=O)cc1. The highest BCUT2D eigenvalue weighted by atomic mass is 33.1. The quantitative estimate of drug-likeness (QED) is 0.363. The minimum Gasteiger partial charge on any atom is -0.497 e. The molecule has 0 atom stereocenters. The van der Waals surface area contributed by atoms with Crippen LogP contribution in [0.15, 0.2) is 24.3 Å². The Hall–Kier alpha value is -1.34. The van der Waals surface area contributed by atoms with Crippen molar-refractivity contribution >= 4 is 33.6 Å². The van der Waals surface area contributed by atoms with E-state index in [9.17, 15) is 9.59 Å². The number of methoxy groups -OCH3 is 1. The average molecular weight is 272 g/mol. The van der Waals surface area contributed by atoms with Gasteiger partial charge in [-0.05, 0) is 17.7 Å². The summed E-state index contributed by atoms with van der Waals surface area (Å²) in [5, 5.41) is 0. The standard InChI is InChI=1S/C10H12N2O3S2/c1-15-8-4-2-7(3-5-8)6-16-17-12-10(14)9(11)13/h2-5H,6H2,1H3,(H2,11,13)(H,12,14). The van der Waals surface area contributed by atoms with E-state index in [-0.39, 0.29) is 0 Å². The third-order valence-corrected chi connectivity index (χ3v) is 3.60. The molecule has 17 heavy (non-hydrogen) atoms. The molecule has 0 saturated heterocycles. The first-order chi connectivity index (χ1) is 8.13. The Balaban J connectivity index is 2.26. The van der Waals surface area contributed by atoms with Gasteiger partial charge in [-0.2, -0.15) is 0 Å². The zero-order valence-corrected chi connectivity index (χ0v) is 10.8. The number of carbonyl (C=O) groups is 2. The van der Waals surface area contributed by atoms with Crippen LogP contribution in [-0.2, 0) is 15.3 Å². The lowest BCUT2D eigenvalue weighted by Gasteiger charge is -2.03. The molecule has 0 bridgehead atoms. The van der Waals surface area contributed by atoms with Gasteiger partial charge in [-0.25, -0.2) is 0 Å². The summed E-state index contributed by atoms with van der Waals surface area (Å²) in [6.07, 6.45) is 0. The van der Waals surface area contributed by atoms with Gasteiger partial charge in [0.15, 0.2) is 0 Å². The molecule has 1 rings (SSSR count). The molecule has 0 fully saturated rings. The molecule has 92 valence electrons. The van der Waals surface area contributed by atoms with Crippen molar-refractivity contribution in [1.29, 1.82) is 0 Å². The molecule has 0 heterocycles. The monoisotopic (exact) mass is 272 g/mol. The van der Waals surface area contributed by atoms with Gasteiger partial charge in [0.1, 0.15) is 5.75 Å². The number of carbonyl (C=O) groups excluding carboxylic acids is 2. The molecule has 3 N–H and O–H groups in total. The molecule has 0 unspecified atom stereocenters. The maximum absolute atomic E-state index is 10.8. The summed E-state index contributed by atoms with van der Waals surface area (Å²) in [5.41, 5.74) is 5.87. The Bertz CT molecular complexity index is 395. The zero-order valence-electron chi connectivity index (χ0n) is 9.14. The van der Waals surface area contributed by atoms with Gasteiger partial charge in [-0.15, -0.1) is 0 Å². The number of benzene rings is 1. The molecular formula is C10H12N2O3S2. The van der Waals surface area contributed by atoms with Crippen molar-refractivity contribution in [1.82, 2.24) is 4.72 Å². The first kappa shape index (κ1) is 13.7. The van der Waals surface area contributed by atoms with Crippen molar-refractivity contribution in [2.75, 3.05) is 7.11 Å². The third kappa shape index (κ3) is 5.01. The van der Waals surface area contributed by atoms with Gasteiger partial charge < -0.3 is 10.5 Å². The summed E-state index contributed by atoms with van der Waals surface area (Å²) in [6.45, 7) is 0. The van der Waals surface area contributed by atoms with Crippen LogP contribution >= 0.6 is 21.8 Å². The number of hydrogen-bond donors (Lipinski definition) is 2. The van der Waals surface area contributed by atoms with Gasteiger partial charge in [-0.3, -0.25) is 14.3 Å². The Morgan fingerprint density at radius 2 is 2.00 bits per heavy atom. The first-order valence-corrected chi connectivity index (χ1v) is 6.96. The summed E-state index contributed by atoms with van der Waals surface area (Å²) >= 11 is 0. The molecule has 0 spiro atoms. The number of primary amides is 1. The topological polar surface area (TPSA) is 81.4 Å². The fourth-order valence-electron chi connectivity index (χ4n) is 0.937. The second kappa shape index (κ2) is 7.08. The summed E-state index contributed by atoms with van der Waals surface area (Å²) in [7, 11) is 4.09. The van der Waals surface area contributed by atoms with Crippen molar-refractivity contribution in [3.63, 3.8) is 0 Å². The van der Waals surface area contributed by atoms with E-state index in [1.165, 1.54) is 10.8 Å². The van der Waals surface area contributed by atoms with E-state index >= 15 is 0 Å². The fourth-order valence-corrected chi connectivity index (χ4v) is 2.55. The van der Waals surface area contributed by atoms with Crippen molar-refractivity contribution in [2.45, 2.75) is 5.75 Å². The highest BCUT2D eigenvalue weighted by Crippen LogP contribution is 2.23.